The molecule has 1 aromatic rings. The van der Waals surface area contributed by atoms with Crippen molar-refractivity contribution in [3.05, 3.63) is 35.4 Å². The Morgan fingerprint density at radius 2 is 1.95 bits per heavy atom. The predicted octanol–water partition coefficient (Wildman–Crippen LogP) is 2.99. The third-order valence-electron chi connectivity index (χ3n) is 3.64. The van der Waals surface area contributed by atoms with E-state index in [-0.39, 0.29) is 5.92 Å². The second-order valence-electron chi connectivity index (χ2n) is 4.87. The lowest BCUT2D eigenvalue weighted by Gasteiger charge is -2.27. The molecular weight excluding hydrogens is 255 g/mol. The average Bonchev–Trinajstić information content (AvgIpc) is 2.40. The van der Waals surface area contributed by atoms with Gasteiger partial charge in [-0.2, -0.15) is 13.2 Å². The summed E-state index contributed by atoms with van der Waals surface area (Å²) in [6.07, 6.45) is -1.94. The van der Waals surface area contributed by atoms with Gasteiger partial charge in [-0.3, -0.25) is 0 Å². The van der Waals surface area contributed by atoms with Gasteiger partial charge in [0.05, 0.1) is 5.56 Å². The fraction of sp³-hybridized carbons (Fsp3) is 0.500. The van der Waals surface area contributed by atoms with Crippen LogP contribution in [0.15, 0.2) is 24.3 Å². The molecule has 1 heterocycles. The number of hydrogen-bond donors (Lipinski definition) is 1. The Balaban J connectivity index is 2.25. The SMILES string of the molecule is O=CC(c1cccc(C(F)(F)F)c1)C1CCNCC1. The zero-order chi connectivity index (χ0) is 13.9. The molecule has 19 heavy (non-hydrogen) atoms. The predicted molar refractivity (Wildman–Crippen MR) is 65.8 cm³/mol. The van der Waals surface area contributed by atoms with Crippen LogP contribution in [0.2, 0.25) is 0 Å². The molecule has 104 valence electrons. The lowest BCUT2D eigenvalue weighted by molar-refractivity contribution is -0.137. The highest BCUT2D eigenvalue weighted by atomic mass is 19.4. The van der Waals surface area contributed by atoms with Crippen LogP contribution in [-0.4, -0.2) is 19.4 Å². The summed E-state index contributed by atoms with van der Waals surface area (Å²) in [5, 5.41) is 3.18. The van der Waals surface area contributed by atoms with E-state index in [9.17, 15) is 18.0 Å². The summed E-state index contributed by atoms with van der Waals surface area (Å²) in [4.78, 5) is 11.3. The number of alkyl halides is 3. The quantitative estimate of drug-likeness (QED) is 0.856. The smallest absolute Gasteiger partial charge is 0.317 e. The number of carbonyl (C=O) groups excluding carboxylic acids is 1. The van der Waals surface area contributed by atoms with E-state index in [4.69, 9.17) is 0 Å². The zero-order valence-electron chi connectivity index (χ0n) is 10.4. The molecule has 2 rings (SSSR count). The molecular formula is C14H16F3NO. The monoisotopic (exact) mass is 271 g/mol. The first-order valence-corrected chi connectivity index (χ1v) is 6.35. The molecule has 0 bridgehead atoms. The van der Waals surface area contributed by atoms with Crippen molar-refractivity contribution >= 4 is 6.29 Å². The first-order valence-electron chi connectivity index (χ1n) is 6.35. The van der Waals surface area contributed by atoms with E-state index in [2.05, 4.69) is 5.32 Å². The molecule has 1 aliphatic rings. The first-order chi connectivity index (χ1) is 9.02. The van der Waals surface area contributed by atoms with Crippen LogP contribution >= 0.6 is 0 Å². The van der Waals surface area contributed by atoms with E-state index in [0.717, 1.165) is 44.4 Å². The summed E-state index contributed by atoms with van der Waals surface area (Å²) in [6.45, 7) is 1.63. The van der Waals surface area contributed by atoms with Crippen LogP contribution in [0.25, 0.3) is 0 Å². The molecule has 1 saturated heterocycles. The lowest BCUT2D eigenvalue weighted by Crippen LogP contribution is -2.31. The minimum Gasteiger partial charge on any atom is -0.317 e. The number of benzene rings is 1. The van der Waals surface area contributed by atoms with Crippen LogP contribution in [-0.2, 0) is 11.0 Å². The van der Waals surface area contributed by atoms with E-state index in [0.29, 0.717) is 5.56 Å². The molecule has 0 aromatic heterocycles. The molecule has 2 nitrogen and oxygen atoms in total. The average molecular weight is 271 g/mol. The van der Waals surface area contributed by atoms with Crippen molar-refractivity contribution in [2.75, 3.05) is 13.1 Å². The van der Waals surface area contributed by atoms with E-state index in [1.807, 2.05) is 0 Å². The van der Waals surface area contributed by atoms with Gasteiger partial charge in [-0.05, 0) is 43.5 Å². The summed E-state index contributed by atoms with van der Waals surface area (Å²) in [7, 11) is 0. The van der Waals surface area contributed by atoms with Crippen molar-refractivity contribution in [2.24, 2.45) is 5.92 Å². The Morgan fingerprint density at radius 3 is 2.53 bits per heavy atom. The second kappa shape index (κ2) is 5.74. The van der Waals surface area contributed by atoms with Crippen molar-refractivity contribution in [1.82, 2.24) is 5.32 Å². The van der Waals surface area contributed by atoms with Crippen molar-refractivity contribution in [1.29, 1.82) is 0 Å². The maximum atomic E-state index is 12.7. The number of halogens is 3. The van der Waals surface area contributed by atoms with Gasteiger partial charge in [0.15, 0.2) is 0 Å². The topological polar surface area (TPSA) is 29.1 Å². The highest BCUT2D eigenvalue weighted by molar-refractivity contribution is 5.63. The van der Waals surface area contributed by atoms with E-state index in [1.165, 1.54) is 6.07 Å². The third kappa shape index (κ3) is 3.35. The molecule has 5 heteroatoms. The van der Waals surface area contributed by atoms with E-state index >= 15 is 0 Å². The molecule has 1 unspecified atom stereocenters. The van der Waals surface area contributed by atoms with Gasteiger partial charge in [0.25, 0.3) is 0 Å². The summed E-state index contributed by atoms with van der Waals surface area (Å²) in [6, 6.07) is 5.11. The number of aldehydes is 1. The lowest BCUT2D eigenvalue weighted by atomic mass is 9.81. The van der Waals surface area contributed by atoms with Crippen LogP contribution in [0.3, 0.4) is 0 Å². The number of hydrogen-bond acceptors (Lipinski definition) is 2. The van der Waals surface area contributed by atoms with Crippen molar-refractivity contribution in [3.8, 4) is 0 Å². The largest absolute Gasteiger partial charge is 0.416 e. The Kier molecular flexibility index (Phi) is 4.24. The van der Waals surface area contributed by atoms with Crippen LogP contribution in [0.5, 0.6) is 0 Å². The highest BCUT2D eigenvalue weighted by Gasteiger charge is 2.32. The number of carbonyl (C=O) groups is 1. The maximum absolute atomic E-state index is 12.7. The van der Waals surface area contributed by atoms with Crippen LogP contribution in [0.1, 0.15) is 29.9 Å². The zero-order valence-corrected chi connectivity index (χ0v) is 10.4. The van der Waals surface area contributed by atoms with Crippen molar-refractivity contribution in [3.63, 3.8) is 0 Å². The second-order valence-corrected chi connectivity index (χ2v) is 4.87. The fourth-order valence-electron chi connectivity index (χ4n) is 2.59. The molecule has 0 spiro atoms. The molecule has 1 N–H and O–H groups in total. The molecule has 0 radical (unpaired) electrons. The third-order valence-corrected chi connectivity index (χ3v) is 3.64. The Hall–Kier alpha value is -1.36. The van der Waals surface area contributed by atoms with Crippen LogP contribution in [0.4, 0.5) is 13.2 Å². The van der Waals surface area contributed by atoms with Crippen molar-refractivity contribution in [2.45, 2.75) is 24.9 Å². The summed E-state index contributed by atoms with van der Waals surface area (Å²) in [5.41, 5.74) is -0.220. The summed E-state index contributed by atoms with van der Waals surface area (Å²) < 4.78 is 38.0. The maximum Gasteiger partial charge on any atom is 0.416 e. The van der Waals surface area contributed by atoms with Gasteiger partial charge in [-0.15, -0.1) is 0 Å². The Bertz CT molecular complexity index is 439. The minimum atomic E-state index is -4.36. The Labute approximate surface area is 110 Å². The number of piperidine rings is 1. The summed E-state index contributed by atoms with van der Waals surface area (Å²) >= 11 is 0. The van der Waals surface area contributed by atoms with Gasteiger partial charge in [-0.25, -0.2) is 0 Å². The fourth-order valence-corrected chi connectivity index (χ4v) is 2.59. The van der Waals surface area contributed by atoms with Gasteiger partial charge in [0.1, 0.15) is 6.29 Å². The summed E-state index contributed by atoms with van der Waals surface area (Å²) in [5.74, 6) is -0.313. The number of nitrogens with one attached hydrogen (secondary N) is 1. The normalized spacial score (nSPS) is 19.1. The van der Waals surface area contributed by atoms with Gasteiger partial charge in [-0.1, -0.05) is 18.2 Å². The highest BCUT2D eigenvalue weighted by Crippen LogP contribution is 2.34. The molecule has 0 saturated carbocycles. The van der Waals surface area contributed by atoms with Crippen LogP contribution in [0, 0.1) is 5.92 Å². The van der Waals surface area contributed by atoms with Gasteiger partial charge < -0.3 is 10.1 Å². The number of rotatable bonds is 3. The van der Waals surface area contributed by atoms with Gasteiger partial charge >= 0.3 is 6.18 Å². The van der Waals surface area contributed by atoms with E-state index in [1.54, 1.807) is 6.07 Å². The minimum absolute atomic E-state index is 0.127. The van der Waals surface area contributed by atoms with Crippen LogP contribution < -0.4 is 5.32 Å². The molecule has 1 atom stereocenters. The molecule has 1 aromatic carbocycles. The standard InChI is InChI=1S/C14H16F3NO/c15-14(16,17)12-3-1-2-11(8-12)13(9-19)10-4-6-18-7-5-10/h1-3,8-10,13,18H,4-7H2. The molecule has 0 amide bonds. The Morgan fingerprint density at radius 1 is 1.26 bits per heavy atom. The molecule has 0 aliphatic carbocycles. The molecule has 1 fully saturated rings. The first kappa shape index (κ1) is 14.1. The van der Waals surface area contributed by atoms with Gasteiger partial charge in [0.2, 0.25) is 0 Å². The van der Waals surface area contributed by atoms with Gasteiger partial charge in [0, 0.05) is 5.92 Å². The molecule has 1 aliphatic heterocycles. The van der Waals surface area contributed by atoms with E-state index < -0.39 is 17.7 Å². The van der Waals surface area contributed by atoms with Crippen molar-refractivity contribution < 1.29 is 18.0 Å².